The van der Waals surface area contributed by atoms with Crippen LogP contribution in [0, 0.1) is 6.92 Å². The van der Waals surface area contributed by atoms with Gasteiger partial charge in [-0.25, -0.2) is 9.78 Å². The molecule has 2 aromatic rings. The van der Waals surface area contributed by atoms with E-state index in [0.717, 1.165) is 0 Å². The number of aromatic carboxylic acids is 1. The molecule has 0 spiro atoms. The van der Waals surface area contributed by atoms with Crippen LogP contribution in [0.2, 0.25) is 0 Å². The Morgan fingerprint density at radius 1 is 1.32 bits per heavy atom. The number of benzene rings is 1. The van der Waals surface area contributed by atoms with E-state index in [1.807, 2.05) is 0 Å². The molecule has 0 saturated heterocycles. The van der Waals surface area contributed by atoms with Crippen LogP contribution in [-0.2, 0) is 0 Å². The van der Waals surface area contributed by atoms with Gasteiger partial charge >= 0.3 is 5.97 Å². The molecule has 0 amide bonds. The first kappa shape index (κ1) is 12.9. The van der Waals surface area contributed by atoms with E-state index in [9.17, 15) is 9.90 Å². The number of carboxylic acids is 1. The number of aromatic nitrogens is 2. The Hall–Kier alpha value is -2.50. The van der Waals surface area contributed by atoms with Crippen molar-refractivity contribution >= 4 is 5.97 Å². The van der Waals surface area contributed by atoms with Crippen LogP contribution in [0.5, 0.6) is 11.5 Å². The molecule has 0 bridgehead atoms. The molecule has 100 valence electrons. The highest BCUT2D eigenvalue weighted by atomic mass is 16.5. The van der Waals surface area contributed by atoms with E-state index >= 15 is 0 Å². The summed E-state index contributed by atoms with van der Waals surface area (Å²) in [7, 11) is 3.06. The Bertz CT molecular complexity index is 619. The molecular weight excluding hydrogens is 248 g/mol. The zero-order chi connectivity index (χ0) is 14.0. The number of H-pyrrole nitrogens is 1. The summed E-state index contributed by atoms with van der Waals surface area (Å²) in [4.78, 5) is 18.2. The molecule has 1 aromatic heterocycles. The number of ether oxygens (including phenoxy) is 2. The minimum absolute atomic E-state index is 0.0315. The van der Waals surface area contributed by atoms with Crippen LogP contribution < -0.4 is 9.47 Å². The normalized spacial score (nSPS) is 10.3. The third-order valence-corrected chi connectivity index (χ3v) is 2.70. The second-order valence-corrected chi connectivity index (χ2v) is 3.92. The average molecular weight is 262 g/mol. The van der Waals surface area contributed by atoms with Gasteiger partial charge in [0.1, 0.15) is 23.0 Å². The summed E-state index contributed by atoms with van der Waals surface area (Å²) in [5, 5.41) is 9.19. The van der Waals surface area contributed by atoms with Gasteiger partial charge in [0.05, 0.1) is 14.2 Å². The molecule has 0 atom stereocenters. The van der Waals surface area contributed by atoms with Crippen LogP contribution in [-0.4, -0.2) is 35.3 Å². The largest absolute Gasteiger partial charge is 0.497 e. The average Bonchev–Trinajstić information content (AvgIpc) is 2.80. The zero-order valence-electron chi connectivity index (χ0n) is 10.9. The van der Waals surface area contributed by atoms with Crippen molar-refractivity contribution in [2.75, 3.05) is 14.2 Å². The number of nitrogens with zero attached hydrogens (tertiary/aromatic N) is 1. The first-order valence-electron chi connectivity index (χ1n) is 5.59. The van der Waals surface area contributed by atoms with Crippen LogP contribution in [0.15, 0.2) is 18.2 Å². The Labute approximate surface area is 110 Å². The zero-order valence-corrected chi connectivity index (χ0v) is 10.9. The maximum absolute atomic E-state index is 11.2. The van der Waals surface area contributed by atoms with Crippen molar-refractivity contribution in [3.63, 3.8) is 0 Å². The Balaban J connectivity index is 2.66. The fraction of sp³-hybridized carbons (Fsp3) is 0.231. The summed E-state index contributed by atoms with van der Waals surface area (Å²) in [6.45, 7) is 1.70. The smallest absolute Gasteiger partial charge is 0.354 e. The molecule has 0 fully saturated rings. The first-order chi connectivity index (χ1) is 9.06. The van der Waals surface area contributed by atoms with Gasteiger partial charge in [-0.05, 0) is 25.1 Å². The van der Waals surface area contributed by atoms with Crippen molar-refractivity contribution in [2.45, 2.75) is 6.92 Å². The lowest BCUT2D eigenvalue weighted by Crippen LogP contribution is -2.00. The summed E-state index contributed by atoms with van der Waals surface area (Å²) >= 11 is 0. The van der Waals surface area contributed by atoms with E-state index in [1.54, 1.807) is 32.2 Å². The summed E-state index contributed by atoms with van der Waals surface area (Å²) < 4.78 is 10.4. The number of imidazole rings is 1. The molecule has 2 rings (SSSR count). The third kappa shape index (κ3) is 2.37. The van der Waals surface area contributed by atoms with Crippen molar-refractivity contribution < 1.29 is 19.4 Å². The highest BCUT2D eigenvalue weighted by Crippen LogP contribution is 2.34. The highest BCUT2D eigenvalue weighted by Gasteiger charge is 2.20. The number of nitrogens with one attached hydrogen (secondary N) is 1. The van der Waals surface area contributed by atoms with E-state index in [2.05, 4.69) is 9.97 Å². The van der Waals surface area contributed by atoms with Crippen molar-refractivity contribution in [3.8, 4) is 22.8 Å². The highest BCUT2D eigenvalue weighted by molar-refractivity contribution is 5.94. The number of hydrogen-bond acceptors (Lipinski definition) is 4. The molecule has 6 heteroatoms. The summed E-state index contributed by atoms with van der Waals surface area (Å²) in [5.74, 6) is 0.598. The van der Waals surface area contributed by atoms with E-state index in [1.165, 1.54) is 7.11 Å². The molecule has 0 aliphatic heterocycles. The van der Waals surface area contributed by atoms with Crippen molar-refractivity contribution in [1.29, 1.82) is 0 Å². The van der Waals surface area contributed by atoms with Crippen molar-refractivity contribution in [2.24, 2.45) is 0 Å². The molecule has 6 nitrogen and oxygen atoms in total. The van der Waals surface area contributed by atoms with E-state index < -0.39 is 5.97 Å². The van der Waals surface area contributed by atoms with Crippen molar-refractivity contribution in [1.82, 2.24) is 9.97 Å². The fourth-order valence-corrected chi connectivity index (χ4v) is 1.84. The predicted octanol–water partition coefficient (Wildman–Crippen LogP) is 2.10. The Kier molecular flexibility index (Phi) is 3.41. The lowest BCUT2D eigenvalue weighted by molar-refractivity contribution is 0.0692. The number of carbonyl (C=O) groups is 1. The Morgan fingerprint density at radius 3 is 2.63 bits per heavy atom. The lowest BCUT2D eigenvalue weighted by Gasteiger charge is -2.09. The second kappa shape index (κ2) is 5.01. The number of methoxy groups -OCH3 is 2. The second-order valence-electron chi connectivity index (χ2n) is 3.92. The molecule has 2 N–H and O–H groups in total. The van der Waals surface area contributed by atoms with Gasteiger partial charge in [-0.1, -0.05) is 0 Å². The quantitative estimate of drug-likeness (QED) is 0.881. The lowest BCUT2D eigenvalue weighted by atomic mass is 10.1. The molecule has 0 saturated carbocycles. The number of carboxylic acid groups (broad SMARTS) is 1. The molecular formula is C13H14N2O4. The van der Waals surface area contributed by atoms with Gasteiger partial charge < -0.3 is 19.6 Å². The molecule has 0 aliphatic rings. The summed E-state index contributed by atoms with van der Waals surface area (Å²) in [6.07, 6.45) is 0. The van der Waals surface area contributed by atoms with Crippen LogP contribution in [0.4, 0.5) is 0 Å². The molecule has 0 radical (unpaired) electrons. The van der Waals surface area contributed by atoms with Crippen molar-refractivity contribution in [3.05, 3.63) is 29.7 Å². The SMILES string of the molecule is COc1ccc(OC)c(-c2nc(C)[nH]c2C(=O)O)c1. The maximum atomic E-state index is 11.2. The van der Waals surface area contributed by atoms with Crippen LogP contribution >= 0.6 is 0 Å². The van der Waals surface area contributed by atoms with Crippen LogP contribution in [0.25, 0.3) is 11.3 Å². The van der Waals surface area contributed by atoms with E-state index in [4.69, 9.17) is 9.47 Å². The minimum Gasteiger partial charge on any atom is -0.497 e. The molecule has 1 heterocycles. The summed E-state index contributed by atoms with van der Waals surface area (Å²) in [5.41, 5.74) is 0.938. The standard InChI is InChI=1S/C13H14N2O4/c1-7-14-11(12(15-7)13(16)17)9-6-8(18-2)4-5-10(9)19-3/h4-6H,1-3H3,(H,14,15)(H,16,17). The molecule has 1 aromatic carbocycles. The topological polar surface area (TPSA) is 84.4 Å². The third-order valence-electron chi connectivity index (χ3n) is 2.70. The number of aromatic amines is 1. The van der Waals surface area contributed by atoms with E-state index in [-0.39, 0.29) is 5.69 Å². The predicted molar refractivity (Wildman–Crippen MR) is 68.8 cm³/mol. The first-order valence-corrected chi connectivity index (χ1v) is 5.59. The van der Waals surface area contributed by atoms with E-state index in [0.29, 0.717) is 28.6 Å². The fourth-order valence-electron chi connectivity index (χ4n) is 1.84. The van der Waals surface area contributed by atoms with Gasteiger partial charge in [0, 0.05) is 5.56 Å². The van der Waals surface area contributed by atoms with Gasteiger partial charge in [0.25, 0.3) is 0 Å². The van der Waals surface area contributed by atoms with Gasteiger partial charge in [-0.15, -0.1) is 0 Å². The summed E-state index contributed by atoms with van der Waals surface area (Å²) in [6, 6.07) is 5.15. The van der Waals surface area contributed by atoms with Gasteiger partial charge in [0.15, 0.2) is 5.69 Å². The van der Waals surface area contributed by atoms with Gasteiger partial charge in [-0.3, -0.25) is 0 Å². The molecule has 0 unspecified atom stereocenters. The van der Waals surface area contributed by atoms with Gasteiger partial charge in [-0.2, -0.15) is 0 Å². The number of rotatable bonds is 4. The molecule has 19 heavy (non-hydrogen) atoms. The monoisotopic (exact) mass is 262 g/mol. The minimum atomic E-state index is -1.07. The van der Waals surface area contributed by atoms with Crippen LogP contribution in [0.3, 0.4) is 0 Å². The molecule has 0 aliphatic carbocycles. The number of hydrogen-bond donors (Lipinski definition) is 2. The number of aryl methyl sites for hydroxylation is 1. The van der Waals surface area contributed by atoms with Crippen LogP contribution in [0.1, 0.15) is 16.3 Å². The maximum Gasteiger partial charge on any atom is 0.354 e. The Morgan fingerprint density at radius 2 is 2.05 bits per heavy atom. The van der Waals surface area contributed by atoms with Gasteiger partial charge in [0.2, 0.25) is 0 Å².